The summed E-state index contributed by atoms with van der Waals surface area (Å²) in [5.41, 5.74) is 0. The fourth-order valence-electron chi connectivity index (χ4n) is 2.82. The highest BCUT2D eigenvalue weighted by Gasteiger charge is 2.29. The number of thiazole rings is 1. The summed E-state index contributed by atoms with van der Waals surface area (Å²) in [5, 5.41) is 7.04. The molecule has 1 aliphatic carbocycles. The molecule has 1 aromatic rings. The molecule has 0 spiro atoms. The number of aromatic nitrogens is 1. The summed E-state index contributed by atoms with van der Waals surface area (Å²) in [7, 11) is 0. The number of hydrogen-bond acceptors (Lipinski definition) is 3. The van der Waals surface area contributed by atoms with Crippen LogP contribution in [0, 0.1) is 11.8 Å². The monoisotopic (exact) mass is 238 g/mol. The average molecular weight is 238 g/mol. The smallest absolute Gasteiger partial charge is 0.109 e. The normalized spacial score (nSPS) is 32.6. The summed E-state index contributed by atoms with van der Waals surface area (Å²) in [5.74, 6) is 1.59. The van der Waals surface area contributed by atoms with Gasteiger partial charge in [-0.2, -0.15) is 0 Å². The van der Waals surface area contributed by atoms with Crippen molar-refractivity contribution in [3.05, 3.63) is 16.6 Å². The molecule has 0 aromatic carbocycles. The first kappa shape index (κ1) is 12.1. The van der Waals surface area contributed by atoms with Gasteiger partial charge in [0.2, 0.25) is 0 Å². The maximum absolute atomic E-state index is 4.39. The van der Waals surface area contributed by atoms with Crippen molar-refractivity contribution >= 4 is 11.3 Å². The molecule has 1 aromatic heterocycles. The molecule has 2 nitrogen and oxygen atoms in total. The van der Waals surface area contributed by atoms with Crippen molar-refractivity contribution in [3.63, 3.8) is 0 Å². The Bertz CT molecular complexity index is 300. The summed E-state index contributed by atoms with van der Waals surface area (Å²) in [6.07, 6.45) is 6.03. The SMILES string of the molecule is CC(NC1C(C)CCCC1C)c1nccs1. The number of hydrogen-bond donors (Lipinski definition) is 1. The Hall–Kier alpha value is -0.410. The molecule has 2 rings (SSSR count). The first-order valence-corrected chi connectivity index (χ1v) is 7.22. The third kappa shape index (κ3) is 2.64. The largest absolute Gasteiger partial charge is 0.305 e. The van der Waals surface area contributed by atoms with E-state index in [1.54, 1.807) is 11.3 Å². The fourth-order valence-corrected chi connectivity index (χ4v) is 3.47. The van der Waals surface area contributed by atoms with E-state index in [4.69, 9.17) is 0 Å². The Morgan fingerprint density at radius 1 is 1.38 bits per heavy atom. The number of nitrogens with one attached hydrogen (secondary N) is 1. The Balaban J connectivity index is 1.97. The second-order valence-electron chi connectivity index (χ2n) is 5.17. The van der Waals surface area contributed by atoms with Crippen molar-refractivity contribution in [1.82, 2.24) is 10.3 Å². The van der Waals surface area contributed by atoms with Gasteiger partial charge in [0.1, 0.15) is 5.01 Å². The summed E-state index contributed by atoms with van der Waals surface area (Å²) in [6, 6.07) is 1.06. The van der Waals surface area contributed by atoms with E-state index in [1.165, 1.54) is 24.3 Å². The van der Waals surface area contributed by atoms with Crippen LogP contribution in [-0.2, 0) is 0 Å². The molecule has 3 atom stereocenters. The second-order valence-corrected chi connectivity index (χ2v) is 6.10. The van der Waals surface area contributed by atoms with Crippen LogP contribution in [0.15, 0.2) is 11.6 Å². The fraction of sp³-hybridized carbons (Fsp3) is 0.769. The Kier molecular flexibility index (Phi) is 3.98. The lowest BCUT2D eigenvalue weighted by molar-refractivity contribution is 0.196. The van der Waals surface area contributed by atoms with Crippen molar-refractivity contribution in [2.75, 3.05) is 0 Å². The van der Waals surface area contributed by atoms with Gasteiger partial charge < -0.3 is 5.32 Å². The van der Waals surface area contributed by atoms with Gasteiger partial charge in [0.25, 0.3) is 0 Å². The van der Waals surface area contributed by atoms with E-state index in [-0.39, 0.29) is 0 Å². The van der Waals surface area contributed by atoms with E-state index in [1.807, 2.05) is 6.20 Å². The first-order valence-electron chi connectivity index (χ1n) is 6.34. The van der Waals surface area contributed by atoms with E-state index in [2.05, 4.69) is 36.5 Å². The van der Waals surface area contributed by atoms with Gasteiger partial charge >= 0.3 is 0 Å². The lowest BCUT2D eigenvalue weighted by atomic mass is 9.78. The summed E-state index contributed by atoms with van der Waals surface area (Å²) in [6.45, 7) is 6.98. The molecule has 0 amide bonds. The zero-order valence-electron chi connectivity index (χ0n) is 10.4. The van der Waals surface area contributed by atoms with Gasteiger partial charge in [-0.25, -0.2) is 4.98 Å². The van der Waals surface area contributed by atoms with Gasteiger partial charge in [0.15, 0.2) is 0 Å². The lowest BCUT2D eigenvalue weighted by Gasteiger charge is -2.36. The molecule has 3 unspecified atom stereocenters. The van der Waals surface area contributed by atoms with Crippen LogP contribution < -0.4 is 5.32 Å². The van der Waals surface area contributed by atoms with Crippen molar-refractivity contribution in [2.24, 2.45) is 11.8 Å². The molecule has 1 aliphatic rings. The van der Waals surface area contributed by atoms with Crippen LogP contribution in [-0.4, -0.2) is 11.0 Å². The molecule has 0 saturated heterocycles. The molecule has 1 saturated carbocycles. The first-order chi connectivity index (χ1) is 7.68. The van der Waals surface area contributed by atoms with Gasteiger partial charge in [0, 0.05) is 17.6 Å². The van der Waals surface area contributed by atoms with Gasteiger partial charge in [-0.3, -0.25) is 0 Å². The molecular weight excluding hydrogens is 216 g/mol. The predicted molar refractivity (Wildman–Crippen MR) is 69.6 cm³/mol. The molecule has 1 fully saturated rings. The Morgan fingerprint density at radius 3 is 2.62 bits per heavy atom. The van der Waals surface area contributed by atoms with Crippen LogP contribution in [0.25, 0.3) is 0 Å². The molecular formula is C13H22N2S. The quantitative estimate of drug-likeness (QED) is 0.870. The summed E-state index contributed by atoms with van der Waals surface area (Å²) < 4.78 is 0. The minimum atomic E-state index is 0.396. The molecule has 1 N–H and O–H groups in total. The number of rotatable bonds is 3. The minimum Gasteiger partial charge on any atom is -0.305 e. The second kappa shape index (κ2) is 5.28. The highest BCUT2D eigenvalue weighted by Crippen LogP contribution is 2.30. The van der Waals surface area contributed by atoms with Crippen molar-refractivity contribution in [3.8, 4) is 0 Å². The molecule has 90 valence electrons. The van der Waals surface area contributed by atoms with Gasteiger partial charge in [-0.15, -0.1) is 11.3 Å². The van der Waals surface area contributed by atoms with Crippen LogP contribution in [0.3, 0.4) is 0 Å². The average Bonchev–Trinajstić information content (AvgIpc) is 2.76. The summed E-state index contributed by atoms with van der Waals surface area (Å²) >= 11 is 1.75. The van der Waals surface area contributed by atoms with E-state index < -0.39 is 0 Å². The highest BCUT2D eigenvalue weighted by atomic mass is 32.1. The third-order valence-electron chi connectivity index (χ3n) is 3.81. The van der Waals surface area contributed by atoms with Crippen LogP contribution in [0.2, 0.25) is 0 Å². The van der Waals surface area contributed by atoms with E-state index in [0.717, 1.165) is 11.8 Å². The minimum absolute atomic E-state index is 0.396. The van der Waals surface area contributed by atoms with Crippen molar-refractivity contribution in [2.45, 2.75) is 52.1 Å². The van der Waals surface area contributed by atoms with Crippen LogP contribution in [0.5, 0.6) is 0 Å². The van der Waals surface area contributed by atoms with E-state index >= 15 is 0 Å². The zero-order valence-corrected chi connectivity index (χ0v) is 11.3. The molecule has 0 radical (unpaired) electrons. The van der Waals surface area contributed by atoms with Gasteiger partial charge in [-0.1, -0.05) is 20.3 Å². The van der Waals surface area contributed by atoms with Crippen LogP contribution >= 0.6 is 11.3 Å². The Labute approximate surface area is 102 Å². The van der Waals surface area contributed by atoms with Gasteiger partial charge in [0.05, 0.1) is 6.04 Å². The zero-order chi connectivity index (χ0) is 11.5. The van der Waals surface area contributed by atoms with Crippen LogP contribution in [0.1, 0.15) is 51.1 Å². The van der Waals surface area contributed by atoms with Crippen LogP contribution in [0.4, 0.5) is 0 Å². The van der Waals surface area contributed by atoms with E-state index in [0.29, 0.717) is 12.1 Å². The summed E-state index contributed by atoms with van der Waals surface area (Å²) in [4.78, 5) is 4.39. The molecule has 3 heteroatoms. The van der Waals surface area contributed by atoms with E-state index in [9.17, 15) is 0 Å². The maximum atomic E-state index is 4.39. The molecule has 0 bridgehead atoms. The number of nitrogens with zero attached hydrogens (tertiary/aromatic N) is 1. The van der Waals surface area contributed by atoms with Gasteiger partial charge in [-0.05, 0) is 31.6 Å². The predicted octanol–water partition coefficient (Wildman–Crippen LogP) is 3.62. The van der Waals surface area contributed by atoms with Crippen molar-refractivity contribution in [1.29, 1.82) is 0 Å². The highest BCUT2D eigenvalue weighted by molar-refractivity contribution is 7.09. The topological polar surface area (TPSA) is 24.9 Å². The lowest BCUT2D eigenvalue weighted by Crippen LogP contribution is -2.43. The molecule has 1 heterocycles. The van der Waals surface area contributed by atoms with Crippen molar-refractivity contribution < 1.29 is 0 Å². The molecule has 16 heavy (non-hydrogen) atoms. The Morgan fingerprint density at radius 2 is 2.06 bits per heavy atom. The third-order valence-corrected chi connectivity index (χ3v) is 4.77. The maximum Gasteiger partial charge on any atom is 0.109 e. The standard InChI is InChI=1S/C13H22N2S/c1-9-5-4-6-10(2)12(9)15-11(3)13-14-7-8-16-13/h7-12,15H,4-6H2,1-3H3. The molecule has 0 aliphatic heterocycles.